The number of piperidine rings is 1. The van der Waals surface area contributed by atoms with Gasteiger partial charge in [0, 0.05) is 23.5 Å². The second-order valence-electron chi connectivity index (χ2n) is 6.14. The van der Waals surface area contributed by atoms with Crippen LogP contribution >= 0.6 is 0 Å². The standard InChI is InChI=1S/C17H23FN2O2/c1-11-14-5-2-6-15(18)17(14)20(9-13(22)10-21)16(11)12-4-3-7-19-8-12/h2,5-6,12-13,19,21-22H,3-4,7-10H2,1H3. The summed E-state index contributed by atoms with van der Waals surface area (Å²) in [5.41, 5.74) is 2.70. The zero-order chi connectivity index (χ0) is 15.7. The molecule has 120 valence electrons. The molecule has 2 unspecified atom stereocenters. The molecule has 1 fully saturated rings. The average Bonchev–Trinajstić information content (AvgIpc) is 2.82. The fourth-order valence-electron chi connectivity index (χ4n) is 3.62. The molecular formula is C17H23FN2O2. The van der Waals surface area contributed by atoms with Gasteiger partial charge in [-0.2, -0.15) is 0 Å². The van der Waals surface area contributed by atoms with Crippen LogP contribution in [-0.4, -0.2) is 40.6 Å². The van der Waals surface area contributed by atoms with Crippen molar-refractivity contribution < 1.29 is 14.6 Å². The largest absolute Gasteiger partial charge is 0.394 e. The van der Waals surface area contributed by atoms with Crippen LogP contribution in [0.15, 0.2) is 18.2 Å². The first-order valence-corrected chi connectivity index (χ1v) is 7.90. The van der Waals surface area contributed by atoms with Crippen LogP contribution in [0.25, 0.3) is 10.9 Å². The highest BCUT2D eigenvalue weighted by molar-refractivity contribution is 5.86. The molecule has 1 aromatic carbocycles. The molecule has 2 heterocycles. The molecule has 3 rings (SSSR count). The van der Waals surface area contributed by atoms with E-state index in [-0.39, 0.29) is 19.0 Å². The zero-order valence-electron chi connectivity index (χ0n) is 12.8. The number of aryl methyl sites for hydroxylation is 1. The molecule has 4 nitrogen and oxygen atoms in total. The molecule has 1 aliphatic heterocycles. The van der Waals surface area contributed by atoms with Crippen molar-refractivity contribution in [3.05, 3.63) is 35.3 Å². The van der Waals surface area contributed by atoms with Gasteiger partial charge in [0.25, 0.3) is 0 Å². The van der Waals surface area contributed by atoms with Crippen molar-refractivity contribution in [1.29, 1.82) is 0 Å². The van der Waals surface area contributed by atoms with Crippen LogP contribution < -0.4 is 5.32 Å². The second kappa shape index (κ2) is 6.36. The molecule has 1 aliphatic rings. The lowest BCUT2D eigenvalue weighted by Crippen LogP contribution is -2.31. The molecule has 0 amide bonds. The maximum absolute atomic E-state index is 14.4. The molecule has 0 spiro atoms. The fourth-order valence-corrected chi connectivity index (χ4v) is 3.62. The van der Waals surface area contributed by atoms with Crippen molar-refractivity contribution in [3.63, 3.8) is 0 Å². The summed E-state index contributed by atoms with van der Waals surface area (Å²) in [6.45, 7) is 3.80. The van der Waals surface area contributed by atoms with Crippen LogP contribution in [0, 0.1) is 12.7 Å². The third kappa shape index (κ3) is 2.64. The van der Waals surface area contributed by atoms with Gasteiger partial charge in [0.1, 0.15) is 5.82 Å². The van der Waals surface area contributed by atoms with Crippen molar-refractivity contribution in [1.82, 2.24) is 9.88 Å². The first-order chi connectivity index (χ1) is 10.6. The van der Waals surface area contributed by atoms with Gasteiger partial charge in [-0.1, -0.05) is 12.1 Å². The van der Waals surface area contributed by atoms with E-state index >= 15 is 0 Å². The molecule has 0 aliphatic carbocycles. The Hall–Kier alpha value is -1.43. The number of halogens is 1. The predicted molar refractivity (Wildman–Crippen MR) is 84.6 cm³/mol. The van der Waals surface area contributed by atoms with E-state index in [1.807, 2.05) is 17.6 Å². The number of hydrogen-bond donors (Lipinski definition) is 3. The van der Waals surface area contributed by atoms with Crippen molar-refractivity contribution in [2.45, 2.75) is 38.3 Å². The van der Waals surface area contributed by atoms with Crippen LogP contribution in [0.3, 0.4) is 0 Å². The lowest BCUT2D eigenvalue weighted by molar-refractivity contribution is 0.0811. The minimum absolute atomic E-state index is 0.216. The summed E-state index contributed by atoms with van der Waals surface area (Å²) in [7, 11) is 0. The van der Waals surface area contributed by atoms with E-state index in [0.29, 0.717) is 11.4 Å². The zero-order valence-corrected chi connectivity index (χ0v) is 12.8. The molecule has 2 aromatic rings. The normalized spacial score (nSPS) is 20.5. The molecule has 1 aromatic heterocycles. The number of aromatic nitrogens is 1. The van der Waals surface area contributed by atoms with Crippen LogP contribution in [0.1, 0.15) is 30.0 Å². The molecule has 3 N–H and O–H groups in total. The Morgan fingerprint density at radius 3 is 2.95 bits per heavy atom. The topological polar surface area (TPSA) is 57.4 Å². The molecular weight excluding hydrogens is 283 g/mol. The monoisotopic (exact) mass is 306 g/mol. The Morgan fingerprint density at radius 1 is 1.45 bits per heavy atom. The summed E-state index contributed by atoms with van der Waals surface area (Å²) < 4.78 is 16.3. The Bertz CT molecular complexity index is 662. The summed E-state index contributed by atoms with van der Waals surface area (Å²) in [6, 6.07) is 5.10. The smallest absolute Gasteiger partial charge is 0.147 e. The summed E-state index contributed by atoms with van der Waals surface area (Å²) in [6.07, 6.45) is 1.27. The van der Waals surface area contributed by atoms with Gasteiger partial charge in [-0.3, -0.25) is 0 Å². The Kier molecular flexibility index (Phi) is 4.47. The van der Waals surface area contributed by atoms with Gasteiger partial charge in [-0.05, 0) is 37.9 Å². The molecule has 0 bridgehead atoms. The van der Waals surface area contributed by atoms with Gasteiger partial charge in [0.15, 0.2) is 0 Å². The van der Waals surface area contributed by atoms with E-state index in [0.717, 1.165) is 42.6 Å². The first-order valence-electron chi connectivity index (χ1n) is 7.90. The quantitative estimate of drug-likeness (QED) is 0.809. The minimum atomic E-state index is -0.884. The first kappa shape index (κ1) is 15.5. The Morgan fingerprint density at radius 2 is 2.27 bits per heavy atom. The minimum Gasteiger partial charge on any atom is -0.394 e. The highest BCUT2D eigenvalue weighted by Crippen LogP contribution is 2.35. The van der Waals surface area contributed by atoms with E-state index in [2.05, 4.69) is 5.32 Å². The number of para-hydroxylation sites is 1. The fraction of sp³-hybridized carbons (Fsp3) is 0.529. The summed E-state index contributed by atoms with van der Waals surface area (Å²) >= 11 is 0. The number of hydrogen-bond acceptors (Lipinski definition) is 3. The Balaban J connectivity index is 2.17. The van der Waals surface area contributed by atoms with Gasteiger partial charge in [0.2, 0.25) is 0 Å². The number of fused-ring (bicyclic) bond motifs is 1. The molecule has 0 saturated carbocycles. The van der Waals surface area contributed by atoms with E-state index < -0.39 is 6.10 Å². The van der Waals surface area contributed by atoms with E-state index in [1.165, 1.54) is 6.07 Å². The highest BCUT2D eigenvalue weighted by atomic mass is 19.1. The molecule has 0 radical (unpaired) electrons. The number of nitrogens with one attached hydrogen (secondary N) is 1. The lowest BCUT2D eigenvalue weighted by Gasteiger charge is -2.26. The molecule has 2 atom stereocenters. The lowest BCUT2D eigenvalue weighted by atomic mass is 9.93. The van der Waals surface area contributed by atoms with Gasteiger partial charge in [-0.15, -0.1) is 0 Å². The predicted octanol–water partition coefficient (Wildman–Crippen LogP) is 1.91. The average molecular weight is 306 g/mol. The third-order valence-electron chi connectivity index (χ3n) is 4.62. The third-order valence-corrected chi connectivity index (χ3v) is 4.62. The number of rotatable bonds is 4. The summed E-state index contributed by atoms with van der Waals surface area (Å²) in [4.78, 5) is 0. The maximum Gasteiger partial charge on any atom is 0.147 e. The number of aliphatic hydroxyl groups excluding tert-OH is 2. The Labute approximate surface area is 129 Å². The summed E-state index contributed by atoms with van der Waals surface area (Å²) in [5, 5.41) is 23.4. The van der Waals surface area contributed by atoms with E-state index in [9.17, 15) is 14.6 Å². The van der Waals surface area contributed by atoms with Gasteiger partial charge in [0.05, 0.1) is 24.8 Å². The van der Waals surface area contributed by atoms with Crippen molar-refractivity contribution in [2.75, 3.05) is 19.7 Å². The number of aliphatic hydroxyl groups is 2. The van der Waals surface area contributed by atoms with Gasteiger partial charge >= 0.3 is 0 Å². The van der Waals surface area contributed by atoms with Crippen LogP contribution in [-0.2, 0) is 6.54 Å². The van der Waals surface area contributed by atoms with Gasteiger partial charge < -0.3 is 20.1 Å². The van der Waals surface area contributed by atoms with Crippen LogP contribution in [0.5, 0.6) is 0 Å². The summed E-state index contributed by atoms with van der Waals surface area (Å²) in [5.74, 6) is 0.0344. The van der Waals surface area contributed by atoms with Gasteiger partial charge in [-0.25, -0.2) is 4.39 Å². The molecule has 5 heteroatoms. The second-order valence-corrected chi connectivity index (χ2v) is 6.14. The number of benzene rings is 1. The van der Waals surface area contributed by atoms with Crippen molar-refractivity contribution in [3.8, 4) is 0 Å². The van der Waals surface area contributed by atoms with Crippen LogP contribution in [0.4, 0.5) is 4.39 Å². The van der Waals surface area contributed by atoms with Crippen LogP contribution in [0.2, 0.25) is 0 Å². The van der Waals surface area contributed by atoms with E-state index in [1.54, 1.807) is 6.07 Å². The maximum atomic E-state index is 14.4. The molecule has 1 saturated heterocycles. The SMILES string of the molecule is Cc1c(C2CCCNC2)n(CC(O)CO)c2c(F)cccc12. The highest BCUT2D eigenvalue weighted by Gasteiger charge is 2.26. The number of nitrogens with zero attached hydrogens (tertiary/aromatic N) is 1. The van der Waals surface area contributed by atoms with Crippen molar-refractivity contribution >= 4 is 10.9 Å². The molecule has 22 heavy (non-hydrogen) atoms. The van der Waals surface area contributed by atoms with Crippen molar-refractivity contribution in [2.24, 2.45) is 0 Å². The van der Waals surface area contributed by atoms with E-state index in [4.69, 9.17) is 0 Å².